The summed E-state index contributed by atoms with van der Waals surface area (Å²) in [5.41, 5.74) is 0. The van der Waals surface area contributed by atoms with E-state index < -0.39 is 0 Å². The first-order valence-electron chi connectivity index (χ1n) is 5.45. The van der Waals surface area contributed by atoms with E-state index in [0.29, 0.717) is 16.5 Å². The maximum Gasteiger partial charge on any atom is 0.242 e. The van der Waals surface area contributed by atoms with Gasteiger partial charge in [0.25, 0.3) is 0 Å². The normalized spacial score (nSPS) is 10.5. The second kappa shape index (κ2) is 5.14. The molecule has 0 aromatic carbocycles. The van der Waals surface area contributed by atoms with E-state index >= 15 is 0 Å². The van der Waals surface area contributed by atoms with Crippen molar-refractivity contribution >= 4 is 17.1 Å². The van der Waals surface area contributed by atoms with Crippen LogP contribution in [0.2, 0.25) is 0 Å². The Labute approximate surface area is 104 Å². The molecule has 0 fully saturated rings. The molecular formula is C12H14N2O2S. The molecule has 0 N–H and O–H groups in total. The predicted octanol–water partition coefficient (Wildman–Crippen LogP) is 2.59. The van der Waals surface area contributed by atoms with Crippen molar-refractivity contribution in [2.75, 3.05) is 7.11 Å². The first kappa shape index (κ1) is 11.9. The maximum absolute atomic E-state index is 12.3. The Morgan fingerprint density at radius 3 is 3.12 bits per heavy atom. The van der Waals surface area contributed by atoms with Gasteiger partial charge in [0.1, 0.15) is 10.6 Å². The third-order valence-corrected chi connectivity index (χ3v) is 3.33. The van der Waals surface area contributed by atoms with Crippen LogP contribution in [0, 0.1) is 0 Å². The zero-order valence-corrected chi connectivity index (χ0v) is 10.7. The number of hydrogen-bond acceptors (Lipinski definition) is 4. The average Bonchev–Trinajstić information content (AvgIpc) is 2.96. The van der Waals surface area contributed by atoms with Crippen molar-refractivity contribution < 1.29 is 9.53 Å². The van der Waals surface area contributed by atoms with Gasteiger partial charge >= 0.3 is 0 Å². The van der Waals surface area contributed by atoms with Crippen LogP contribution in [0.4, 0.5) is 0 Å². The lowest BCUT2D eigenvalue weighted by atomic mass is 10.3. The van der Waals surface area contributed by atoms with E-state index in [2.05, 4.69) is 11.9 Å². The van der Waals surface area contributed by atoms with E-state index in [-0.39, 0.29) is 5.78 Å². The molecule has 0 aliphatic rings. The fourth-order valence-electron chi connectivity index (χ4n) is 1.66. The van der Waals surface area contributed by atoms with Crippen LogP contribution in [0.15, 0.2) is 23.8 Å². The Kier molecular flexibility index (Phi) is 3.58. The monoisotopic (exact) mass is 250 g/mol. The molecule has 0 amide bonds. The fraction of sp³-hybridized carbons (Fsp3) is 0.333. The number of rotatable bonds is 5. The molecule has 0 radical (unpaired) electrons. The van der Waals surface area contributed by atoms with Crippen LogP contribution in [-0.4, -0.2) is 22.4 Å². The molecule has 2 aromatic rings. The molecular weight excluding hydrogens is 236 g/mol. The highest BCUT2D eigenvalue weighted by Gasteiger charge is 2.20. The van der Waals surface area contributed by atoms with E-state index in [1.54, 1.807) is 19.4 Å². The molecule has 0 saturated heterocycles. The average molecular weight is 250 g/mol. The minimum Gasteiger partial charge on any atom is -0.495 e. The van der Waals surface area contributed by atoms with Crippen LogP contribution in [-0.2, 0) is 6.54 Å². The van der Waals surface area contributed by atoms with Gasteiger partial charge in [-0.3, -0.25) is 4.79 Å². The third kappa shape index (κ3) is 2.24. The van der Waals surface area contributed by atoms with Gasteiger partial charge in [-0.25, -0.2) is 4.98 Å². The number of carbonyl (C=O) groups excluding carboxylic acids is 1. The summed E-state index contributed by atoms with van der Waals surface area (Å²) < 4.78 is 7.03. The largest absolute Gasteiger partial charge is 0.495 e. The summed E-state index contributed by atoms with van der Waals surface area (Å²) in [6.07, 6.45) is 4.46. The Bertz CT molecular complexity index is 516. The molecule has 0 saturated carbocycles. The number of ether oxygens (including phenoxy) is 1. The van der Waals surface area contributed by atoms with Crippen molar-refractivity contribution in [3.8, 4) is 5.75 Å². The fourth-order valence-corrected chi connectivity index (χ4v) is 2.46. The van der Waals surface area contributed by atoms with Crippen LogP contribution in [0.25, 0.3) is 0 Å². The second-order valence-electron chi connectivity index (χ2n) is 3.59. The first-order chi connectivity index (χ1) is 8.27. The van der Waals surface area contributed by atoms with Gasteiger partial charge in [-0.1, -0.05) is 6.92 Å². The number of nitrogens with zero attached hydrogens (tertiary/aromatic N) is 2. The van der Waals surface area contributed by atoms with E-state index in [1.165, 1.54) is 11.3 Å². The molecule has 2 rings (SSSR count). The van der Waals surface area contributed by atoms with Crippen molar-refractivity contribution in [1.29, 1.82) is 0 Å². The zero-order chi connectivity index (χ0) is 12.3. The number of thiophene rings is 1. The summed E-state index contributed by atoms with van der Waals surface area (Å²) in [4.78, 5) is 17.0. The number of aromatic nitrogens is 2. The standard InChI is InChI=1S/C12H14N2O2S/c1-3-6-14-7-5-13-12(14)10(15)11-9(16-2)4-8-17-11/h4-5,7-8H,3,6H2,1-2H3. The Morgan fingerprint density at radius 2 is 2.41 bits per heavy atom. The van der Waals surface area contributed by atoms with E-state index in [9.17, 15) is 4.79 Å². The van der Waals surface area contributed by atoms with Crippen molar-refractivity contribution in [2.45, 2.75) is 19.9 Å². The van der Waals surface area contributed by atoms with Crippen molar-refractivity contribution in [3.63, 3.8) is 0 Å². The number of ketones is 1. The van der Waals surface area contributed by atoms with Crippen molar-refractivity contribution in [2.24, 2.45) is 0 Å². The van der Waals surface area contributed by atoms with Gasteiger partial charge in [0.05, 0.1) is 7.11 Å². The van der Waals surface area contributed by atoms with Crippen molar-refractivity contribution in [3.05, 3.63) is 34.5 Å². The predicted molar refractivity (Wildman–Crippen MR) is 66.8 cm³/mol. The van der Waals surface area contributed by atoms with Crippen molar-refractivity contribution in [1.82, 2.24) is 9.55 Å². The molecule has 0 atom stereocenters. The van der Waals surface area contributed by atoms with Crippen LogP contribution in [0.1, 0.15) is 28.8 Å². The molecule has 4 nitrogen and oxygen atoms in total. The topological polar surface area (TPSA) is 44.1 Å². The molecule has 5 heteroatoms. The van der Waals surface area contributed by atoms with Gasteiger partial charge in [-0.2, -0.15) is 0 Å². The second-order valence-corrected chi connectivity index (χ2v) is 4.51. The molecule has 0 spiro atoms. The Morgan fingerprint density at radius 1 is 1.59 bits per heavy atom. The summed E-state index contributed by atoms with van der Waals surface area (Å²) in [5.74, 6) is 1.02. The summed E-state index contributed by atoms with van der Waals surface area (Å²) in [5, 5.41) is 1.85. The Balaban J connectivity index is 2.34. The molecule has 90 valence electrons. The van der Waals surface area contributed by atoms with Gasteiger partial charge in [-0.15, -0.1) is 11.3 Å². The number of methoxy groups -OCH3 is 1. The number of aryl methyl sites for hydroxylation is 1. The summed E-state index contributed by atoms with van der Waals surface area (Å²) in [7, 11) is 1.57. The van der Waals surface area contributed by atoms with Crippen LogP contribution >= 0.6 is 11.3 Å². The molecule has 0 unspecified atom stereocenters. The number of hydrogen-bond donors (Lipinski definition) is 0. The summed E-state index contributed by atoms with van der Waals surface area (Å²) in [6, 6.07) is 1.80. The van der Waals surface area contributed by atoms with Crippen LogP contribution < -0.4 is 4.74 Å². The highest BCUT2D eigenvalue weighted by atomic mass is 32.1. The highest BCUT2D eigenvalue weighted by molar-refractivity contribution is 7.12. The summed E-state index contributed by atoms with van der Waals surface area (Å²) >= 11 is 1.38. The summed E-state index contributed by atoms with van der Waals surface area (Å²) in [6.45, 7) is 2.87. The molecule has 2 heterocycles. The minimum absolute atomic E-state index is 0.0738. The maximum atomic E-state index is 12.3. The Hall–Kier alpha value is -1.62. The quantitative estimate of drug-likeness (QED) is 0.766. The SMILES string of the molecule is CCCn1ccnc1C(=O)c1sccc1OC. The zero-order valence-electron chi connectivity index (χ0n) is 9.84. The molecule has 0 aliphatic heterocycles. The van der Waals surface area contributed by atoms with Crippen LogP contribution in [0.5, 0.6) is 5.75 Å². The molecule has 2 aromatic heterocycles. The number of carbonyl (C=O) groups is 1. The van der Waals surface area contributed by atoms with Gasteiger partial charge in [0.15, 0.2) is 5.82 Å². The van der Waals surface area contributed by atoms with E-state index in [4.69, 9.17) is 4.74 Å². The highest BCUT2D eigenvalue weighted by Crippen LogP contribution is 2.26. The van der Waals surface area contributed by atoms with Gasteiger partial charge in [0.2, 0.25) is 5.78 Å². The van der Waals surface area contributed by atoms with Crippen LogP contribution in [0.3, 0.4) is 0 Å². The third-order valence-electron chi connectivity index (χ3n) is 2.44. The minimum atomic E-state index is -0.0738. The number of imidazole rings is 1. The van der Waals surface area contributed by atoms with E-state index in [1.807, 2.05) is 16.1 Å². The lowest BCUT2D eigenvalue weighted by Gasteiger charge is -2.05. The smallest absolute Gasteiger partial charge is 0.242 e. The lowest BCUT2D eigenvalue weighted by molar-refractivity contribution is 0.102. The molecule has 0 aliphatic carbocycles. The van der Waals surface area contributed by atoms with Gasteiger partial charge < -0.3 is 9.30 Å². The molecule has 17 heavy (non-hydrogen) atoms. The van der Waals surface area contributed by atoms with Gasteiger partial charge in [-0.05, 0) is 17.9 Å². The van der Waals surface area contributed by atoms with Gasteiger partial charge in [0, 0.05) is 18.9 Å². The lowest BCUT2D eigenvalue weighted by Crippen LogP contribution is -2.10. The van der Waals surface area contributed by atoms with E-state index in [0.717, 1.165) is 13.0 Å². The first-order valence-corrected chi connectivity index (χ1v) is 6.33. The molecule has 0 bridgehead atoms.